The van der Waals surface area contributed by atoms with Crippen LogP contribution in [0.2, 0.25) is 5.28 Å². The lowest BCUT2D eigenvalue weighted by molar-refractivity contribution is -0.150. The second kappa shape index (κ2) is 8.04. The molecular formula is C24H27ClN6O4S. The van der Waals surface area contributed by atoms with Crippen molar-refractivity contribution in [3.63, 3.8) is 0 Å². The average Bonchev–Trinajstić information content (AvgIpc) is 3.40. The fourth-order valence-corrected chi connectivity index (χ4v) is 8.06. The Bertz CT molecular complexity index is 1430. The predicted octanol–water partition coefficient (Wildman–Crippen LogP) is 4.27. The Hall–Kier alpha value is -2.92. The number of nitrogens with one attached hydrogen (secondary N) is 2. The van der Waals surface area contributed by atoms with Crippen molar-refractivity contribution in [1.29, 1.82) is 0 Å². The molecule has 12 heteroatoms. The van der Waals surface area contributed by atoms with Crippen molar-refractivity contribution in [2.45, 2.75) is 62.8 Å². The first-order valence-corrected chi connectivity index (χ1v) is 13.9. The molecular weight excluding hydrogens is 504 g/mol. The Morgan fingerprint density at radius 2 is 1.83 bits per heavy atom. The maximum atomic E-state index is 13.7. The molecule has 10 nitrogen and oxygen atoms in total. The maximum Gasteiger partial charge on any atom is 0.264 e. The van der Waals surface area contributed by atoms with E-state index in [0.717, 1.165) is 32.1 Å². The zero-order chi connectivity index (χ0) is 25.3. The van der Waals surface area contributed by atoms with E-state index in [-0.39, 0.29) is 27.5 Å². The molecule has 190 valence electrons. The molecule has 1 amide bonds. The number of hydrogen-bond acceptors (Lipinski definition) is 7. The van der Waals surface area contributed by atoms with Crippen LogP contribution in [0.15, 0.2) is 40.0 Å². The molecule has 0 saturated heterocycles. The van der Waals surface area contributed by atoms with Crippen LogP contribution in [-0.4, -0.2) is 34.2 Å². The number of nitrogens with zero attached hydrogens (tertiary/aromatic N) is 4. The van der Waals surface area contributed by atoms with Crippen LogP contribution in [0, 0.1) is 31.1 Å². The molecule has 7 rings (SSSR count). The van der Waals surface area contributed by atoms with Crippen LogP contribution in [-0.2, 0) is 20.4 Å². The van der Waals surface area contributed by atoms with Gasteiger partial charge >= 0.3 is 0 Å². The van der Waals surface area contributed by atoms with Gasteiger partial charge in [0, 0.05) is 11.3 Å². The zero-order valence-electron chi connectivity index (χ0n) is 20.0. The molecule has 2 atom stereocenters. The number of carbonyl (C=O) groups is 1. The summed E-state index contributed by atoms with van der Waals surface area (Å²) in [6.07, 6.45) is 7.21. The monoisotopic (exact) mass is 530 g/mol. The summed E-state index contributed by atoms with van der Waals surface area (Å²) in [6, 6.07) is 6.15. The van der Waals surface area contributed by atoms with Gasteiger partial charge in [0.15, 0.2) is 0 Å². The first-order chi connectivity index (χ1) is 17.1. The van der Waals surface area contributed by atoms with Crippen LogP contribution in [0.25, 0.3) is 0 Å². The third-order valence-corrected chi connectivity index (χ3v) is 9.79. The molecule has 4 aliphatic carbocycles. The number of amides is 1. The van der Waals surface area contributed by atoms with Gasteiger partial charge in [0.05, 0.1) is 21.5 Å². The first kappa shape index (κ1) is 23.5. The van der Waals surface area contributed by atoms with Crippen LogP contribution in [0.4, 0.5) is 11.6 Å². The second-order valence-electron chi connectivity index (χ2n) is 10.7. The molecule has 2 aromatic heterocycles. The largest absolute Gasteiger partial charge is 0.337 e. The topological polar surface area (TPSA) is 132 Å². The summed E-state index contributed by atoms with van der Waals surface area (Å²) in [5.41, 5.74) is 1.08. The van der Waals surface area contributed by atoms with Gasteiger partial charge in [-0.15, -0.1) is 5.10 Å². The van der Waals surface area contributed by atoms with Crippen LogP contribution >= 0.6 is 11.6 Å². The standard InChI is InChI=1S/C24H27ClN6O4S/c1-14-15(2)29-35-20(14)30-36(33,34)19-5-3-18(4-6-19)27-21(32)23-8-16-7-17(9-23)11-24(10-16,12-23)31-13-26-22(25)28-31/h3-6,13,16-17,30H,7-12H2,1-2H3,(H,27,32)/t16-,17-,23?,24?/m0/s1. The van der Waals surface area contributed by atoms with Gasteiger partial charge in [-0.2, -0.15) is 0 Å². The Morgan fingerprint density at radius 1 is 1.14 bits per heavy atom. The molecule has 4 aliphatic rings. The lowest BCUT2D eigenvalue weighted by atomic mass is 9.46. The van der Waals surface area contributed by atoms with E-state index in [1.54, 1.807) is 32.3 Å². The summed E-state index contributed by atoms with van der Waals surface area (Å²) in [7, 11) is -3.86. The number of hydrogen-bond donors (Lipinski definition) is 2. The van der Waals surface area contributed by atoms with E-state index in [1.165, 1.54) is 12.1 Å². The van der Waals surface area contributed by atoms with Crippen molar-refractivity contribution in [1.82, 2.24) is 19.9 Å². The molecule has 0 spiro atoms. The molecule has 2 N–H and O–H groups in total. The highest BCUT2D eigenvalue weighted by Crippen LogP contribution is 2.64. The van der Waals surface area contributed by atoms with Gasteiger partial charge in [-0.3, -0.25) is 4.79 Å². The smallest absolute Gasteiger partial charge is 0.264 e. The minimum absolute atomic E-state index is 0.0197. The van der Waals surface area contributed by atoms with Gasteiger partial charge in [-0.1, -0.05) is 5.16 Å². The average molecular weight is 531 g/mol. The number of rotatable bonds is 6. The SMILES string of the molecule is Cc1noc(NS(=O)(=O)c2ccc(NC(=O)C34C[C@@H]5C[C@@H](C3)CC(n3cnc(Cl)n3)(C5)C4)cc2)c1C. The molecule has 4 saturated carbocycles. The van der Waals surface area contributed by atoms with Crippen LogP contribution < -0.4 is 10.0 Å². The number of aromatic nitrogens is 4. The minimum atomic E-state index is -3.86. The summed E-state index contributed by atoms with van der Waals surface area (Å²) >= 11 is 6.03. The molecule has 4 bridgehead atoms. The highest BCUT2D eigenvalue weighted by Gasteiger charge is 2.61. The van der Waals surface area contributed by atoms with Crippen molar-refractivity contribution < 1.29 is 17.7 Å². The lowest BCUT2D eigenvalue weighted by Crippen LogP contribution is -2.60. The predicted molar refractivity (Wildman–Crippen MR) is 132 cm³/mol. The molecule has 36 heavy (non-hydrogen) atoms. The Labute approximate surface area is 213 Å². The highest BCUT2D eigenvalue weighted by molar-refractivity contribution is 7.92. The van der Waals surface area contributed by atoms with E-state index in [1.807, 2.05) is 4.68 Å². The Kier molecular flexibility index (Phi) is 5.24. The molecule has 0 unspecified atom stereocenters. The number of carbonyl (C=O) groups excluding carboxylic acids is 1. The van der Waals surface area contributed by atoms with Crippen LogP contribution in [0.5, 0.6) is 0 Å². The summed E-state index contributed by atoms with van der Waals surface area (Å²) in [6.45, 7) is 3.47. The minimum Gasteiger partial charge on any atom is -0.337 e. The lowest BCUT2D eigenvalue weighted by Gasteiger charge is -2.60. The Balaban J connectivity index is 1.20. The summed E-state index contributed by atoms with van der Waals surface area (Å²) in [5, 5.41) is 11.5. The van der Waals surface area contributed by atoms with Crippen molar-refractivity contribution >= 4 is 39.1 Å². The number of sulfonamides is 1. The summed E-state index contributed by atoms with van der Waals surface area (Å²) < 4.78 is 35.0. The molecule has 2 heterocycles. The normalized spacial score (nSPS) is 28.9. The van der Waals surface area contributed by atoms with E-state index in [9.17, 15) is 13.2 Å². The summed E-state index contributed by atoms with van der Waals surface area (Å²) in [4.78, 5) is 17.9. The van der Waals surface area contributed by atoms with Crippen molar-refractivity contribution in [3.8, 4) is 0 Å². The van der Waals surface area contributed by atoms with Gasteiger partial charge < -0.3 is 9.84 Å². The van der Waals surface area contributed by atoms with Crippen molar-refractivity contribution in [2.75, 3.05) is 10.0 Å². The molecule has 1 aromatic carbocycles. The third-order valence-electron chi connectivity index (χ3n) is 8.27. The van der Waals surface area contributed by atoms with E-state index < -0.39 is 15.4 Å². The number of halogens is 1. The quantitative estimate of drug-likeness (QED) is 0.486. The number of anilines is 2. The fraction of sp³-hybridized carbons (Fsp3) is 0.500. The number of benzene rings is 1. The fourth-order valence-electron chi connectivity index (χ4n) is 6.89. The van der Waals surface area contributed by atoms with Crippen molar-refractivity contribution in [2.24, 2.45) is 17.3 Å². The third kappa shape index (κ3) is 3.80. The van der Waals surface area contributed by atoms with Gasteiger partial charge in [0.1, 0.15) is 6.33 Å². The van der Waals surface area contributed by atoms with E-state index >= 15 is 0 Å². The molecule has 0 aliphatic heterocycles. The molecule has 4 fully saturated rings. The van der Waals surface area contributed by atoms with Crippen LogP contribution in [0.1, 0.15) is 49.8 Å². The zero-order valence-corrected chi connectivity index (χ0v) is 21.6. The second-order valence-corrected chi connectivity index (χ2v) is 12.8. The highest BCUT2D eigenvalue weighted by atomic mass is 35.5. The van der Waals surface area contributed by atoms with E-state index in [4.69, 9.17) is 16.1 Å². The van der Waals surface area contributed by atoms with E-state index in [0.29, 0.717) is 35.2 Å². The van der Waals surface area contributed by atoms with Crippen LogP contribution in [0.3, 0.4) is 0 Å². The Morgan fingerprint density at radius 3 is 2.42 bits per heavy atom. The van der Waals surface area contributed by atoms with Gasteiger partial charge in [-0.25, -0.2) is 22.8 Å². The number of aryl methyl sites for hydroxylation is 1. The maximum absolute atomic E-state index is 13.7. The molecule has 3 aromatic rings. The summed E-state index contributed by atoms with van der Waals surface area (Å²) in [5.74, 6) is 0.992. The van der Waals surface area contributed by atoms with Gasteiger partial charge in [0.25, 0.3) is 10.0 Å². The first-order valence-electron chi connectivity index (χ1n) is 12.0. The van der Waals surface area contributed by atoms with E-state index in [2.05, 4.69) is 25.3 Å². The van der Waals surface area contributed by atoms with Gasteiger partial charge in [0.2, 0.25) is 17.1 Å². The van der Waals surface area contributed by atoms with Gasteiger partial charge in [-0.05, 0) is 100 Å². The molecule has 0 radical (unpaired) electrons. The van der Waals surface area contributed by atoms with Crippen molar-refractivity contribution in [3.05, 3.63) is 47.1 Å².